The molecular weight excluding hydrogens is 316 g/mol. The van der Waals surface area contributed by atoms with Crippen LogP contribution in [0, 0.1) is 0 Å². The number of benzene rings is 1. The van der Waals surface area contributed by atoms with Gasteiger partial charge in [-0.3, -0.25) is 4.79 Å². The Bertz CT molecular complexity index is 597. The van der Waals surface area contributed by atoms with Gasteiger partial charge in [-0.05, 0) is 37.5 Å². The number of carbonyl (C=O) groups is 1. The van der Waals surface area contributed by atoms with E-state index in [-0.39, 0.29) is 24.7 Å². The van der Waals surface area contributed by atoms with E-state index in [0.29, 0.717) is 11.7 Å². The number of hydrogen-bond donors (Lipinski definition) is 2. The molecule has 1 amide bonds. The average molecular weight is 342 g/mol. The van der Waals surface area contributed by atoms with Gasteiger partial charge in [-0.2, -0.15) is 0 Å². The Labute approximate surface area is 138 Å². The highest BCUT2D eigenvalue weighted by Gasteiger charge is 2.14. The molecule has 0 heterocycles. The molecule has 130 valence electrons. The van der Waals surface area contributed by atoms with Crippen LogP contribution >= 0.6 is 0 Å². The molecule has 1 aromatic carbocycles. The van der Waals surface area contributed by atoms with Crippen LogP contribution in [-0.2, 0) is 14.8 Å². The first-order chi connectivity index (χ1) is 10.7. The van der Waals surface area contributed by atoms with E-state index in [1.165, 1.54) is 5.56 Å². The van der Waals surface area contributed by atoms with Gasteiger partial charge in [-0.25, -0.2) is 13.1 Å². The third-order valence-electron chi connectivity index (χ3n) is 3.36. The summed E-state index contributed by atoms with van der Waals surface area (Å²) in [6.45, 7) is 7.82. The largest absolute Gasteiger partial charge is 0.481 e. The van der Waals surface area contributed by atoms with Crippen molar-refractivity contribution in [2.45, 2.75) is 39.7 Å². The molecule has 7 heteroatoms. The fraction of sp³-hybridized carbons (Fsp3) is 0.562. The quantitative estimate of drug-likeness (QED) is 0.668. The Morgan fingerprint density at radius 3 is 2.26 bits per heavy atom. The van der Waals surface area contributed by atoms with E-state index < -0.39 is 16.1 Å². The van der Waals surface area contributed by atoms with Gasteiger partial charge >= 0.3 is 0 Å². The standard InChI is InChI=1S/C16H26N2O4S/c1-5-23(20,21)18-11-10-17-16(19)13(4)22-15-8-6-14(7-9-15)12(2)3/h6-9,12-13,18H,5,10-11H2,1-4H3,(H,17,19). The summed E-state index contributed by atoms with van der Waals surface area (Å²) in [6, 6.07) is 7.64. The SMILES string of the molecule is CCS(=O)(=O)NCCNC(=O)C(C)Oc1ccc(C(C)C)cc1. The summed E-state index contributed by atoms with van der Waals surface area (Å²) >= 11 is 0. The predicted octanol–water partition coefficient (Wildman–Crippen LogP) is 1.63. The minimum Gasteiger partial charge on any atom is -0.481 e. The lowest BCUT2D eigenvalue weighted by molar-refractivity contribution is -0.127. The maximum atomic E-state index is 11.9. The van der Waals surface area contributed by atoms with Gasteiger partial charge in [0.2, 0.25) is 10.0 Å². The zero-order valence-electron chi connectivity index (χ0n) is 14.1. The van der Waals surface area contributed by atoms with Crippen LogP contribution in [0.5, 0.6) is 5.75 Å². The zero-order valence-corrected chi connectivity index (χ0v) is 14.9. The van der Waals surface area contributed by atoms with E-state index in [1.807, 2.05) is 24.3 Å². The third kappa shape index (κ3) is 7.00. The van der Waals surface area contributed by atoms with E-state index in [0.717, 1.165) is 0 Å². The summed E-state index contributed by atoms with van der Waals surface area (Å²) in [4.78, 5) is 11.9. The second kappa shape index (κ2) is 8.88. The first-order valence-corrected chi connectivity index (χ1v) is 9.42. The van der Waals surface area contributed by atoms with Crippen LogP contribution in [0.3, 0.4) is 0 Å². The molecule has 0 fully saturated rings. The molecular formula is C16H26N2O4S. The van der Waals surface area contributed by atoms with Crippen LogP contribution in [0.15, 0.2) is 24.3 Å². The molecule has 23 heavy (non-hydrogen) atoms. The molecule has 0 saturated heterocycles. The van der Waals surface area contributed by atoms with Crippen molar-refractivity contribution in [1.82, 2.24) is 10.0 Å². The molecule has 0 spiro atoms. The lowest BCUT2D eigenvalue weighted by atomic mass is 10.0. The first kappa shape index (κ1) is 19.4. The smallest absolute Gasteiger partial charge is 0.260 e. The molecule has 1 aromatic rings. The molecule has 0 aliphatic heterocycles. The van der Waals surface area contributed by atoms with E-state index >= 15 is 0 Å². The maximum absolute atomic E-state index is 11.9. The lowest BCUT2D eigenvalue weighted by Crippen LogP contribution is -2.40. The van der Waals surface area contributed by atoms with E-state index in [4.69, 9.17) is 4.74 Å². The van der Waals surface area contributed by atoms with Crippen LogP contribution in [-0.4, -0.2) is 39.3 Å². The fourth-order valence-electron chi connectivity index (χ4n) is 1.83. The van der Waals surface area contributed by atoms with E-state index in [9.17, 15) is 13.2 Å². The van der Waals surface area contributed by atoms with Crippen LogP contribution in [0.1, 0.15) is 39.2 Å². The van der Waals surface area contributed by atoms with Crippen molar-refractivity contribution in [3.8, 4) is 5.75 Å². The summed E-state index contributed by atoms with van der Waals surface area (Å²) < 4.78 is 30.5. The molecule has 1 rings (SSSR count). The second-order valence-electron chi connectivity index (χ2n) is 5.57. The minimum absolute atomic E-state index is 0.0207. The fourth-order valence-corrected chi connectivity index (χ4v) is 2.44. The van der Waals surface area contributed by atoms with Crippen LogP contribution in [0.4, 0.5) is 0 Å². The first-order valence-electron chi connectivity index (χ1n) is 7.77. The number of sulfonamides is 1. The Kier molecular flexibility index (Phi) is 7.51. The van der Waals surface area contributed by atoms with Gasteiger partial charge in [0.1, 0.15) is 5.75 Å². The summed E-state index contributed by atoms with van der Waals surface area (Å²) in [5, 5.41) is 2.64. The molecule has 1 atom stereocenters. The van der Waals surface area contributed by atoms with Crippen molar-refractivity contribution in [2.75, 3.05) is 18.8 Å². The van der Waals surface area contributed by atoms with Crippen LogP contribution < -0.4 is 14.8 Å². The molecule has 6 nitrogen and oxygen atoms in total. The number of amides is 1. The van der Waals surface area contributed by atoms with Gasteiger partial charge in [-0.1, -0.05) is 26.0 Å². The minimum atomic E-state index is -3.23. The monoisotopic (exact) mass is 342 g/mol. The summed E-state index contributed by atoms with van der Waals surface area (Å²) in [5.41, 5.74) is 1.21. The molecule has 0 radical (unpaired) electrons. The van der Waals surface area contributed by atoms with Crippen LogP contribution in [0.2, 0.25) is 0 Å². The second-order valence-corrected chi connectivity index (χ2v) is 7.67. The highest BCUT2D eigenvalue weighted by Crippen LogP contribution is 2.19. The number of nitrogens with one attached hydrogen (secondary N) is 2. The van der Waals surface area contributed by atoms with Crippen LogP contribution in [0.25, 0.3) is 0 Å². The molecule has 0 saturated carbocycles. The van der Waals surface area contributed by atoms with Crippen molar-refractivity contribution in [2.24, 2.45) is 0 Å². The van der Waals surface area contributed by atoms with E-state index in [1.54, 1.807) is 13.8 Å². The Morgan fingerprint density at radius 2 is 1.74 bits per heavy atom. The molecule has 0 aliphatic carbocycles. The third-order valence-corrected chi connectivity index (χ3v) is 4.76. The number of hydrogen-bond acceptors (Lipinski definition) is 4. The topological polar surface area (TPSA) is 84.5 Å². The summed E-state index contributed by atoms with van der Waals surface area (Å²) in [5.74, 6) is 0.807. The summed E-state index contributed by atoms with van der Waals surface area (Å²) in [7, 11) is -3.23. The van der Waals surface area contributed by atoms with Gasteiger partial charge in [0.15, 0.2) is 6.10 Å². The molecule has 0 aromatic heterocycles. The molecule has 2 N–H and O–H groups in total. The zero-order chi connectivity index (χ0) is 17.5. The van der Waals surface area contributed by atoms with Gasteiger partial charge in [-0.15, -0.1) is 0 Å². The van der Waals surface area contributed by atoms with Crippen molar-refractivity contribution in [3.63, 3.8) is 0 Å². The molecule has 1 unspecified atom stereocenters. The number of ether oxygens (including phenoxy) is 1. The Hall–Kier alpha value is -1.60. The number of rotatable bonds is 9. The van der Waals surface area contributed by atoms with Crippen molar-refractivity contribution in [1.29, 1.82) is 0 Å². The van der Waals surface area contributed by atoms with Gasteiger partial charge in [0.05, 0.1) is 5.75 Å². The van der Waals surface area contributed by atoms with Gasteiger partial charge < -0.3 is 10.1 Å². The normalized spacial score (nSPS) is 12.9. The Balaban J connectivity index is 2.39. The lowest BCUT2D eigenvalue weighted by Gasteiger charge is -2.15. The van der Waals surface area contributed by atoms with Crippen molar-refractivity contribution >= 4 is 15.9 Å². The van der Waals surface area contributed by atoms with Gasteiger partial charge in [0, 0.05) is 13.1 Å². The summed E-state index contributed by atoms with van der Waals surface area (Å²) in [6.07, 6.45) is -0.650. The van der Waals surface area contributed by atoms with E-state index in [2.05, 4.69) is 23.9 Å². The van der Waals surface area contributed by atoms with Crippen molar-refractivity contribution in [3.05, 3.63) is 29.8 Å². The highest BCUT2D eigenvalue weighted by atomic mass is 32.2. The van der Waals surface area contributed by atoms with Crippen molar-refractivity contribution < 1.29 is 17.9 Å². The average Bonchev–Trinajstić information content (AvgIpc) is 2.51. The Morgan fingerprint density at radius 1 is 1.13 bits per heavy atom. The molecule has 0 aliphatic rings. The number of carbonyl (C=O) groups excluding carboxylic acids is 1. The highest BCUT2D eigenvalue weighted by molar-refractivity contribution is 7.89. The van der Waals surface area contributed by atoms with Gasteiger partial charge in [0.25, 0.3) is 5.91 Å². The predicted molar refractivity (Wildman–Crippen MR) is 91.1 cm³/mol. The molecule has 0 bridgehead atoms. The maximum Gasteiger partial charge on any atom is 0.260 e.